The lowest BCUT2D eigenvalue weighted by Crippen LogP contribution is -2.45. The van der Waals surface area contributed by atoms with E-state index in [1.807, 2.05) is 26.0 Å². The van der Waals surface area contributed by atoms with Gasteiger partial charge in [-0.3, -0.25) is 4.79 Å². The monoisotopic (exact) mass is 369 g/mol. The quantitative estimate of drug-likeness (QED) is 0.775. The first-order chi connectivity index (χ1) is 13.1. The number of nitrogens with one attached hydrogen (secondary N) is 1. The van der Waals surface area contributed by atoms with Gasteiger partial charge in [-0.1, -0.05) is 24.3 Å². The lowest BCUT2D eigenvalue weighted by Gasteiger charge is -2.27. The number of methoxy groups -OCH3 is 1. The average Bonchev–Trinajstić information content (AvgIpc) is 3.07. The second-order valence-corrected chi connectivity index (χ2v) is 6.72. The number of hydrogen-bond donors (Lipinski definition) is 1. The molecule has 0 spiro atoms. The Morgan fingerprint density at radius 3 is 2.22 bits per heavy atom. The Balaban J connectivity index is 1.69. The Hall–Kier alpha value is -2.53. The highest BCUT2D eigenvalue weighted by Crippen LogP contribution is 2.32. The maximum atomic E-state index is 12.7. The fraction of sp³-hybridized carbons (Fsp3) is 0.409. The highest BCUT2D eigenvalue weighted by molar-refractivity contribution is 5.95. The molecule has 0 saturated heterocycles. The summed E-state index contributed by atoms with van der Waals surface area (Å²) in [6.07, 6.45) is 1.60. The van der Waals surface area contributed by atoms with Gasteiger partial charge in [-0.05, 0) is 43.2 Å². The molecule has 0 saturated carbocycles. The van der Waals surface area contributed by atoms with Gasteiger partial charge in [0.2, 0.25) is 0 Å². The van der Waals surface area contributed by atoms with Gasteiger partial charge in [0, 0.05) is 32.1 Å². The van der Waals surface area contributed by atoms with E-state index in [4.69, 9.17) is 14.2 Å². The van der Waals surface area contributed by atoms with E-state index in [1.54, 1.807) is 25.3 Å². The molecule has 0 atom stereocenters. The molecule has 0 bridgehead atoms. The minimum Gasteiger partial charge on any atom is -0.490 e. The highest BCUT2D eigenvalue weighted by atomic mass is 16.5. The van der Waals surface area contributed by atoms with Crippen molar-refractivity contribution in [3.05, 3.63) is 59.2 Å². The standard InChI is InChI=1S/C22H27NO4/c1-4-26-19-11-10-16(12-20(19)27-5-2)21(24)23-15-22(25-3)13-17-8-6-7-9-18(17)14-22/h6-12H,4-5,13-15H2,1-3H3,(H,23,24). The SMILES string of the molecule is CCOc1ccc(C(=O)NCC2(OC)Cc3ccccc3C2)cc1OCC. The summed E-state index contributed by atoms with van der Waals surface area (Å²) in [5.74, 6) is 1.09. The van der Waals surface area contributed by atoms with Gasteiger partial charge in [0.05, 0.1) is 18.8 Å². The molecule has 5 nitrogen and oxygen atoms in total. The third-order valence-electron chi connectivity index (χ3n) is 4.95. The zero-order chi connectivity index (χ0) is 19.3. The predicted octanol–water partition coefficient (Wildman–Crippen LogP) is 3.40. The van der Waals surface area contributed by atoms with Crippen LogP contribution < -0.4 is 14.8 Å². The van der Waals surface area contributed by atoms with Crippen molar-refractivity contribution in [2.24, 2.45) is 0 Å². The number of rotatable bonds is 8. The van der Waals surface area contributed by atoms with E-state index in [1.165, 1.54) is 11.1 Å². The first kappa shape index (κ1) is 19.2. The number of benzene rings is 2. The molecule has 0 unspecified atom stereocenters. The molecule has 3 rings (SSSR count). The van der Waals surface area contributed by atoms with Crippen LogP contribution in [0.25, 0.3) is 0 Å². The van der Waals surface area contributed by atoms with E-state index in [0.717, 1.165) is 12.8 Å². The molecule has 0 aromatic heterocycles. The Labute approximate surface area is 160 Å². The highest BCUT2D eigenvalue weighted by Gasteiger charge is 2.37. The number of hydrogen-bond acceptors (Lipinski definition) is 4. The van der Waals surface area contributed by atoms with Crippen LogP contribution in [0.2, 0.25) is 0 Å². The number of amides is 1. The van der Waals surface area contributed by atoms with E-state index in [0.29, 0.717) is 36.8 Å². The number of ether oxygens (including phenoxy) is 3. The van der Waals surface area contributed by atoms with E-state index in [2.05, 4.69) is 17.4 Å². The van der Waals surface area contributed by atoms with Gasteiger partial charge >= 0.3 is 0 Å². The maximum absolute atomic E-state index is 12.7. The molecule has 5 heteroatoms. The van der Waals surface area contributed by atoms with Gasteiger partial charge in [0.1, 0.15) is 0 Å². The summed E-state index contributed by atoms with van der Waals surface area (Å²) in [5, 5.41) is 3.03. The molecule has 2 aromatic carbocycles. The molecule has 0 heterocycles. The molecule has 27 heavy (non-hydrogen) atoms. The predicted molar refractivity (Wildman–Crippen MR) is 105 cm³/mol. The number of carbonyl (C=O) groups excluding carboxylic acids is 1. The molecule has 1 N–H and O–H groups in total. The molecule has 144 valence electrons. The van der Waals surface area contributed by atoms with Crippen molar-refractivity contribution in [2.45, 2.75) is 32.3 Å². The zero-order valence-electron chi connectivity index (χ0n) is 16.2. The Kier molecular flexibility index (Phi) is 6.01. The normalized spacial score (nSPS) is 14.5. The van der Waals surface area contributed by atoms with Gasteiger partial charge in [-0.25, -0.2) is 0 Å². The van der Waals surface area contributed by atoms with Crippen molar-refractivity contribution in [3.8, 4) is 11.5 Å². The van der Waals surface area contributed by atoms with E-state index < -0.39 is 5.60 Å². The van der Waals surface area contributed by atoms with Crippen molar-refractivity contribution in [1.29, 1.82) is 0 Å². The summed E-state index contributed by atoms with van der Waals surface area (Å²) in [7, 11) is 1.71. The summed E-state index contributed by atoms with van der Waals surface area (Å²) in [5.41, 5.74) is 2.72. The summed E-state index contributed by atoms with van der Waals surface area (Å²) in [4.78, 5) is 12.7. The Morgan fingerprint density at radius 1 is 1.00 bits per heavy atom. The van der Waals surface area contributed by atoms with Crippen molar-refractivity contribution in [2.75, 3.05) is 26.9 Å². The van der Waals surface area contributed by atoms with E-state index in [9.17, 15) is 4.79 Å². The Morgan fingerprint density at radius 2 is 1.63 bits per heavy atom. The topological polar surface area (TPSA) is 56.8 Å². The molecule has 1 amide bonds. The first-order valence-electron chi connectivity index (χ1n) is 9.40. The van der Waals surface area contributed by atoms with Crippen molar-refractivity contribution in [3.63, 3.8) is 0 Å². The largest absolute Gasteiger partial charge is 0.490 e. The van der Waals surface area contributed by atoms with E-state index in [-0.39, 0.29) is 5.91 Å². The van der Waals surface area contributed by atoms with Crippen LogP contribution >= 0.6 is 0 Å². The van der Waals surface area contributed by atoms with E-state index >= 15 is 0 Å². The van der Waals surface area contributed by atoms with Crippen molar-refractivity contribution < 1.29 is 19.0 Å². The molecule has 0 fully saturated rings. The summed E-state index contributed by atoms with van der Waals surface area (Å²) in [6.45, 7) is 5.33. The third-order valence-corrected chi connectivity index (χ3v) is 4.95. The van der Waals surface area contributed by atoms with Crippen LogP contribution in [-0.4, -0.2) is 38.4 Å². The lowest BCUT2D eigenvalue weighted by molar-refractivity contribution is 0.000174. The van der Waals surface area contributed by atoms with Crippen molar-refractivity contribution >= 4 is 5.91 Å². The fourth-order valence-corrected chi connectivity index (χ4v) is 3.54. The first-order valence-corrected chi connectivity index (χ1v) is 9.40. The van der Waals surface area contributed by atoms with Crippen LogP contribution in [0.3, 0.4) is 0 Å². The third kappa shape index (κ3) is 4.25. The Bertz CT molecular complexity index is 778. The van der Waals surface area contributed by atoms with Crippen LogP contribution in [0.1, 0.15) is 35.3 Å². The van der Waals surface area contributed by atoms with Crippen LogP contribution in [0.15, 0.2) is 42.5 Å². The zero-order valence-corrected chi connectivity index (χ0v) is 16.2. The molecular formula is C22H27NO4. The van der Waals surface area contributed by atoms with Crippen LogP contribution in [0.4, 0.5) is 0 Å². The smallest absolute Gasteiger partial charge is 0.251 e. The van der Waals surface area contributed by atoms with Gasteiger partial charge < -0.3 is 19.5 Å². The minimum absolute atomic E-state index is 0.147. The van der Waals surface area contributed by atoms with Crippen LogP contribution in [0.5, 0.6) is 11.5 Å². The van der Waals surface area contributed by atoms with Crippen molar-refractivity contribution in [1.82, 2.24) is 5.32 Å². The maximum Gasteiger partial charge on any atom is 0.251 e. The second kappa shape index (κ2) is 8.44. The molecular weight excluding hydrogens is 342 g/mol. The number of carbonyl (C=O) groups is 1. The second-order valence-electron chi connectivity index (χ2n) is 6.72. The number of fused-ring (bicyclic) bond motifs is 1. The van der Waals surface area contributed by atoms with Crippen LogP contribution in [0, 0.1) is 0 Å². The molecule has 1 aliphatic rings. The van der Waals surface area contributed by atoms with Gasteiger partial charge in [0.15, 0.2) is 11.5 Å². The average molecular weight is 369 g/mol. The minimum atomic E-state index is -0.395. The summed E-state index contributed by atoms with van der Waals surface area (Å²) < 4.78 is 17.0. The van der Waals surface area contributed by atoms with Crippen LogP contribution in [-0.2, 0) is 17.6 Å². The lowest BCUT2D eigenvalue weighted by atomic mass is 10.00. The fourth-order valence-electron chi connectivity index (χ4n) is 3.54. The molecule has 2 aromatic rings. The molecule has 0 aliphatic heterocycles. The molecule has 1 aliphatic carbocycles. The van der Waals surface area contributed by atoms with Gasteiger partial charge in [-0.2, -0.15) is 0 Å². The van der Waals surface area contributed by atoms with Gasteiger partial charge in [0.25, 0.3) is 5.91 Å². The van der Waals surface area contributed by atoms with Gasteiger partial charge in [-0.15, -0.1) is 0 Å². The summed E-state index contributed by atoms with van der Waals surface area (Å²) in [6, 6.07) is 13.6. The summed E-state index contributed by atoms with van der Waals surface area (Å²) >= 11 is 0. The molecule has 0 radical (unpaired) electrons.